The van der Waals surface area contributed by atoms with Crippen LogP contribution in [0.2, 0.25) is 0 Å². The topological polar surface area (TPSA) is 71.8 Å². The number of aryl methyl sites for hydroxylation is 1. The van der Waals surface area contributed by atoms with Gasteiger partial charge in [-0.2, -0.15) is 5.10 Å². The minimum Gasteiger partial charge on any atom is -0.364 e. The quantitative estimate of drug-likeness (QED) is 0.597. The summed E-state index contributed by atoms with van der Waals surface area (Å²) in [5.74, 6) is -0.481. The number of carbonyl (C=O) groups excluding carboxylic acids is 1. The van der Waals surface area contributed by atoms with Crippen LogP contribution in [0.1, 0.15) is 23.0 Å². The molecule has 0 unspecified atom stereocenters. The van der Waals surface area contributed by atoms with Gasteiger partial charge < -0.3 is 5.73 Å². The number of nitrogens with two attached hydrogens (primary N) is 1. The Bertz CT molecular complexity index is 241. The number of amides is 1. The molecular formula is C6H8N3O. The number of hydrogen-bond acceptors (Lipinski definition) is 2. The van der Waals surface area contributed by atoms with Gasteiger partial charge in [0.1, 0.15) is 11.9 Å². The second kappa shape index (κ2) is 2.51. The molecule has 1 aromatic rings. The molecule has 0 spiro atoms. The lowest BCUT2D eigenvalue weighted by atomic mass is 10.2. The van der Waals surface area contributed by atoms with Crippen molar-refractivity contribution < 1.29 is 4.79 Å². The zero-order chi connectivity index (χ0) is 7.56. The predicted molar refractivity (Wildman–Crippen MR) is 35.3 cm³/mol. The summed E-state index contributed by atoms with van der Waals surface area (Å²) in [5, 5.41) is 6.04. The maximum atomic E-state index is 10.6. The van der Waals surface area contributed by atoms with Crippen molar-refractivity contribution in [2.45, 2.75) is 13.3 Å². The third-order valence-corrected chi connectivity index (χ3v) is 1.26. The summed E-state index contributed by atoms with van der Waals surface area (Å²) < 4.78 is 0. The number of nitrogens with zero attached hydrogens (tertiary/aromatic N) is 1. The first-order valence-corrected chi connectivity index (χ1v) is 3.00. The van der Waals surface area contributed by atoms with Crippen LogP contribution in [0.15, 0.2) is 0 Å². The van der Waals surface area contributed by atoms with Gasteiger partial charge in [0.25, 0.3) is 5.91 Å². The van der Waals surface area contributed by atoms with Crippen molar-refractivity contribution in [2.24, 2.45) is 5.73 Å². The molecule has 0 atom stereocenters. The average Bonchev–Trinajstić information content (AvgIpc) is 2.33. The number of hydrogen-bond donors (Lipinski definition) is 2. The molecule has 1 rings (SSSR count). The van der Waals surface area contributed by atoms with Gasteiger partial charge in [0.15, 0.2) is 0 Å². The molecule has 1 heterocycles. The van der Waals surface area contributed by atoms with E-state index in [9.17, 15) is 4.79 Å². The third-order valence-electron chi connectivity index (χ3n) is 1.26. The van der Waals surface area contributed by atoms with Gasteiger partial charge in [-0.05, 0) is 6.42 Å². The minimum absolute atomic E-state index is 0.363. The standard InChI is InChI=1S/C6H8N3O/c1-2-4-3-8-9-5(4)6(7)10/h2H2,1H3,(H2,7,10)(H,8,9). The minimum atomic E-state index is -0.481. The lowest BCUT2D eigenvalue weighted by Crippen LogP contribution is -2.13. The zero-order valence-electron chi connectivity index (χ0n) is 5.64. The Balaban J connectivity index is 3.01. The summed E-state index contributed by atoms with van der Waals surface area (Å²) in [6.45, 7) is 1.91. The predicted octanol–water partition coefficient (Wildman–Crippen LogP) is -0.129. The normalized spacial score (nSPS) is 9.70. The molecule has 10 heavy (non-hydrogen) atoms. The fourth-order valence-corrected chi connectivity index (χ4v) is 0.734. The Morgan fingerprint density at radius 3 is 3.00 bits per heavy atom. The fraction of sp³-hybridized carbons (Fsp3) is 0.333. The van der Waals surface area contributed by atoms with E-state index in [1.54, 1.807) is 0 Å². The number of aromatic amines is 1. The van der Waals surface area contributed by atoms with Crippen LogP contribution >= 0.6 is 0 Å². The van der Waals surface area contributed by atoms with Gasteiger partial charge in [-0.3, -0.25) is 9.89 Å². The van der Waals surface area contributed by atoms with Gasteiger partial charge >= 0.3 is 0 Å². The van der Waals surface area contributed by atoms with Gasteiger partial charge in [-0.15, -0.1) is 0 Å². The van der Waals surface area contributed by atoms with Crippen LogP contribution in [-0.4, -0.2) is 16.1 Å². The molecule has 0 aliphatic carbocycles. The highest BCUT2D eigenvalue weighted by atomic mass is 16.1. The molecule has 1 aromatic heterocycles. The summed E-state index contributed by atoms with van der Waals surface area (Å²) in [7, 11) is 0. The van der Waals surface area contributed by atoms with Crippen molar-refractivity contribution >= 4 is 5.91 Å². The summed E-state index contributed by atoms with van der Waals surface area (Å²) in [6.07, 6.45) is 3.35. The molecule has 0 aromatic carbocycles. The van der Waals surface area contributed by atoms with Crippen LogP contribution in [0.4, 0.5) is 0 Å². The number of primary amides is 1. The lowest BCUT2D eigenvalue weighted by Gasteiger charge is -1.90. The highest BCUT2D eigenvalue weighted by molar-refractivity contribution is 5.92. The van der Waals surface area contributed by atoms with Crippen LogP contribution < -0.4 is 5.73 Å². The molecule has 4 nitrogen and oxygen atoms in total. The van der Waals surface area contributed by atoms with Crippen LogP contribution in [0.25, 0.3) is 0 Å². The van der Waals surface area contributed by atoms with E-state index in [2.05, 4.69) is 16.4 Å². The molecule has 3 N–H and O–H groups in total. The van der Waals surface area contributed by atoms with E-state index in [0.29, 0.717) is 5.69 Å². The molecule has 1 radical (unpaired) electrons. The first-order valence-electron chi connectivity index (χ1n) is 3.00. The molecule has 53 valence electrons. The Kier molecular flexibility index (Phi) is 1.71. The monoisotopic (exact) mass is 138 g/mol. The second-order valence-corrected chi connectivity index (χ2v) is 1.91. The van der Waals surface area contributed by atoms with Crippen LogP contribution in [0.3, 0.4) is 0 Å². The molecule has 0 saturated heterocycles. The van der Waals surface area contributed by atoms with Gasteiger partial charge in [0.05, 0.1) is 0 Å². The van der Waals surface area contributed by atoms with Gasteiger partial charge in [0.2, 0.25) is 0 Å². The largest absolute Gasteiger partial charge is 0.364 e. The van der Waals surface area contributed by atoms with E-state index in [1.165, 1.54) is 0 Å². The van der Waals surface area contributed by atoms with Crippen LogP contribution in [0.5, 0.6) is 0 Å². The van der Waals surface area contributed by atoms with E-state index < -0.39 is 5.91 Å². The number of H-pyrrole nitrogens is 1. The second-order valence-electron chi connectivity index (χ2n) is 1.91. The summed E-state index contributed by atoms with van der Waals surface area (Å²) in [4.78, 5) is 10.6. The Hall–Kier alpha value is -1.32. The van der Waals surface area contributed by atoms with Crippen molar-refractivity contribution in [3.8, 4) is 0 Å². The van der Waals surface area contributed by atoms with Gasteiger partial charge in [-0.1, -0.05) is 6.92 Å². The van der Waals surface area contributed by atoms with Crippen molar-refractivity contribution in [1.82, 2.24) is 10.2 Å². The van der Waals surface area contributed by atoms with Crippen LogP contribution in [-0.2, 0) is 6.42 Å². The van der Waals surface area contributed by atoms with E-state index >= 15 is 0 Å². The van der Waals surface area contributed by atoms with E-state index in [-0.39, 0.29) is 0 Å². The van der Waals surface area contributed by atoms with Crippen LogP contribution in [0, 0.1) is 6.20 Å². The summed E-state index contributed by atoms with van der Waals surface area (Å²) in [6, 6.07) is 0. The molecule has 0 bridgehead atoms. The fourth-order valence-electron chi connectivity index (χ4n) is 0.734. The summed E-state index contributed by atoms with van der Waals surface area (Å²) in [5.41, 5.74) is 6.11. The molecule has 0 fully saturated rings. The molecule has 1 amide bonds. The molecule has 0 aliphatic rings. The lowest BCUT2D eigenvalue weighted by molar-refractivity contribution is 0.0994. The molecule has 0 saturated carbocycles. The highest BCUT2D eigenvalue weighted by Gasteiger charge is 2.07. The van der Waals surface area contributed by atoms with E-state index in [1.807, 2.05) is 6.92 Å². The first-order chi connectivity index (χ1) is 4.75. The number of aromatic nitrogens is 2. The van der Waals surface area contributed by atoms with Crippen molar-refractivity contribution in [1.29, 1.82) is 0 Å². The smallest absolute Gasteiger partial charge is 0.267 e. The number of carbonyl (C=O) groups is 1. The van der Waals surface area contributed by atoms with Crippen molar-refractivity contribution in [2.75, 3.05) is 0 Å². The van der Waals surface area contributed by atoms with E-state index in [0.717, 1.165) is 12.0 Å². The maximum absolute atomic E-state index is 10.6. The van der Waals surface area contributed by atoms with Gasteiger partial charge in [0, 0.05) is 5.56 Å². The first kappa shape index (κ1) is 6.80. The molecular weight excluding hydrogens is 130 g/mol. The van der Waals surface area contributed by atoms with Crippen molar-refractivity contribution in [3.05, 3.63) is 17.5 Å². The highest BCUT2D eigenvalue weighted by Crippen LogP contribution is 2.02. The van der Waals surface area contributed by atoms with Crippen molar-refractivity contribution in [3.63, 3.8) is 0 Å². The molecule has 0 aliphatic heterocycles. The average molecular weight is 138 g/mol. The Labute approximate surface area is 58.4 Å². The van der Waals surface area contributed by atoms with E-state index in [4.69, 9.17) is 5.73 Å². The summed E-state index contributed by atoms with van der Waals surface area (Å²) >= 11 is 0. The zero-order valence-corrected chi connectivity index (χ0v) is 5.64. The third kappa shape index (κ3) is 1.00. The number of nitrogens with one attached hydrogen (secondary N) is 1. The van der Waals surface area contributed by atoms with Gasteiger partial charge in [-0.25, -0.2) is 0 Å². The molecule has 4 heteroatoms. The Morgan fingerprint density at radius 2 is 2.60 bits per heavy atom. The maximum Gasteiger partial charge on any atom is 0.267 e. The SMILES string of the molecule is CCc1[c]n[nH]c1C(N)=O. The number of rotatable bonds is 2. The Morgan fingerprint density at radius 1 is 1.90 bits per heavy atom.